The van der Waals surface area contributed by atoms with Crippen molar-refractivity contribution in [3.63, 3.8) is 0 Å². The predicted octanol–water partition coefficient (Wildman–Crippen LogP) is 2.96. The summed E-state index contributed by atoms with van der Waals surface area (Å²) >= 11 is 0. The van der Waals surface area contributed by atoms with Crippen molar-refractivity contribution in [3.05, 3.63) is 65.2 Å². The number of aryl methyl sites for hydroxylation is 2. The van der Waals surface area contributed by atoms with E-state index in [0.29, 0.717) is 16.9 Å². The van der Waals surface area contributed by atoms with Crippen LogP contribution in [-0.4, -0.2) is 71.8 Å². The molecule has 1 aromatic heterocycles. The molecule has 9 nitrogen and oxygen atoms in total. The average Bonchev–Trinajstić information content (AvgIpc) is 2.82. The van der Waals surface area contributed by atoms with Crippen LogP contribution in [0.4, 0.5) is 0 Å². The average molecular weight is 497 g/mol. The van der Waals surface area contributed by atoms with Crippen LogP contribution in [0.3, 0.4) is 0 Å². The highest BCUT2D eigenvalue weighted by Gasteiger charge is 2.37. The molecular weight excluding hydrogens is 468 g/mol. The fourth-order valence-electron chi connectivity index (χ4n) is 4.49. The van der Waals surface area contributed by atoms with Crippen LogP contribution in [0, 0.1) is 13.8 Å². The standard InChI is InChI=1S/C25H28N4O5S/c1-5-34-25(31)22-17(3)26-18(4)27-23(22)24(30)28-13-14-29(16(2)15-28)35(32,33)21-12-8-10-19-9-6-7-11-20(19)21/h6-12,16H,5,13-15H2,1-4H3. The maximum atomic E-state index is 13.6. The number of rotatable bonds is 5. The molecule has 3 aromatic rings. The molecule has 1 amide bonds. The van der Waals surface area contributed by atoms with Crippen LogP contribution in [0.2, 0.25) is 0 Å². The minimum Gasteiger partial charge on any atom is -0.462 e. The second-order valence-electron chi connectivity index (χ2n) is 8.49. The minimum atomic E-state index is -3.80. The monoisotopic (exact) mass is 496 g/mol. The van der Waals surface area contributed by atoms with Gasteiger partial charge in [-0.1, -0.05) is 36.4 Å². The van der Waals surface area contributed by atoms with Crippen molar-refractivity contribution < 1.29 is 22.7 Å². The number of hydrogen-bond acceptors (Lipinski definition) is 7. The number of aromatic nitrogens is 2. The molecule has 10 heteroatoms. The highest BCUT2D eigenvalue weighted by atomic mass is 32.2. The van der Waals surface area contributed by atoms with Gasteiger partial charge in [0, 0.05) is 31.1 Å². The van der Waals surface area contributed by atoms with Gasteiger partial charge in [-0.25, -0.2) is 23.2 Å². The SMILES string of the molecule is CCOC(=O)c1c(C)nc(C)nc1C(=O)N1CCN(S(=O)(=O)c2cccc3ccccc23)C(C)C1. The minimum absolute atomic E-state index is 0.0222. The van der Waals surface area contributed by atoms with Crippen LogP contribution >= 0.6 is 0 Å². The maximum Gasteiger partial charge on any atom is 0.342 e. The van der Waals surface area contributed by atoms with Gasteiger partial charge in [-0.3, -0.25) is 4.79 Å². The topological polar surface area (TPSA) is 110 Å². The third-order valence-corrected chi connectivity index (χ3v) is 8.15. The summed E-state index contributed by atoms with van der Waals surface area (Å²) in [5.41, 5.74) is 0.386. The Morgan fingerprint density at radius 2 is 1.77 bits per heavy atom. The van der Waals surface area contributed by atoms with Crippen molar-refractivity contribution in [2.24, 2.45) is 0 Å². The van der Waals surface area contributed by atoms with Crippen molar-refractivity contribution in [3.8, 4) is 0 Å². The number of benzene rings is 2. The van der Waals surface area contributed by atoms with Crippen LogP contribution in [0.25, 0.3) is 10.8 Å². The van der Waals surface area contributed by atoms with Gasteiger partial charge in [-0.05, 0) is 39.1 Å². The van der Waals surface area contributed by atoms with Gasteiger partial charge in [0.1, 0.15) is 17.1 Å². The number of sulfonamides is 1. The van der Waals surface area contributed by atoms with Gasteiger partial charge in [-0.2, -0.15) is 4.31 Å². The third-order valence-electron chi connectivity index (χ3n) is 6.07. The zero-order valence-electron chi connectivity index (χ0n) is 20.2. The Labute approximate surface area is 204 Å². The van der Waals surface area contributed by atoms with E-state index < -0.39 is 27.9 Å². The smallest absolute Gasteiger partial charge is 0.342 e. The molecule has 1 atom stereocenters. The van der Waals surface area contributed by atoms with Crippen LogP contribution in [0.1, 0.15) is 46.2 Å². The van der Waals surface area contributed by atoms with E-state index in [-0.39, 0.29) is 42.4 Å². The Kier molecular flexibility index (Phi) is 6.86. The van der Waals surface area contributed by atoms with Crippen molar-refractivity contribution in [2.45, 2.75) is 38.6 Å². The lowest BCUT2D eigenvalue weighted by Gasteiger charge is -2.39. The molecule has 0 spiro atoms. The molecule has 2 aromatic carbocycles. The number of piperazine rings is 1. The van der Waals surface area contributed by atoms with Crippen LogP contribution in [0.5, 0.6) is 0 Å². The Balaban J connectivity index is 1.61. The van der Waals surface area contributed by atoms with Gasteiger partial charge in [0.15, 0.2) is 0 Å². The summed E-state index contributed by atoms with van der Waals surface area (Å²) in [7, 11) is -3.80. The summed E-state index contributed by atoms with van der Waals surface area (Å²) in [6.07, 6.45) is 0. The molecular formula is C25H28N4O5S. The summed E-state index contributed by atoms with van der Waals surface area (Å²) in [6.45, 7) is 7.33. The summed E-state index contributed by atoms with van der Waals surface area (Å²) < 4.78 is 33.8. The lowest BCUT2D eigenvalue weighted by molar-refractivity contribution is 0.0509. The number of hydrogen-bond donors (Lipinski definition) is 0. The van der Waals surface area contributed by atoms with Crippen molar-refractivity contribution in [1.82, 2.24) is 19.2 Å². The third kappa shape index (κ3) is 4.63. The highest BCUT2D eigenvalue weighted by Crippen LogP contribution is 2.28. The van der Waals surface area contributed by atoms with E-state index in [1.807, 2.05) is 24.3 Å². The van der Waals surface area contributed by atoms with E-state index in [4.69, 9.17) is 4.74 Å². The number of fused-ring (bicyclic) bond motifs is 1. The Hall–Kier alpha value is -3.37. The molecule has 1 saturated heterocycles. The fraction of sp³-hybridized carbons (Fsp3) is 0.360. The molecule has 2 heterocycles. The molecule has 0 aliphatic carbocycles. The van der Waals surface area contributed by atoms with Gasteiger partial charge in [-0.15, -0.1) is 0 Å². The Morgan fingerprint density at radius 1 is 1.06 bits per heavy atom. The van der Waals surface area contributed by atoms with E-state index in [0.717, 1.165) is 5.39 Å². The number of carbonyl (C=O) groups is 2. The first-order chi connectivity index (χ1) is 16.6. The summed E-state index contributed by atoms with van der Waals surface area (Å²) in [6, 6.07) is 12.1. The van der Waals surface area contributed by atoms with E-state index in [1.54, 1.807) is 45.9 Å². The maximum absolute atomic E-state index is 13.6. The second-order valence-corrected chi connectivity index (χ2v) is 10.4. The molecule has 0 radical (unpaired) electrons. The van der Waals surface area contributed by atoms with E-state index in [1.165, 1.54) is 9.21 Å². The van der Waals surface area contributed by atoms with Crippen molar-refractivity contribution in [1.29, 1.82) is 0 Å². The van der Waals surface area contributed by atoms with Gasteiger partial charge < -0.3 is 9.64 Å². The van der Waals surface area contributed by atoms with Gasteiger partial charge >= 0.3 is 5.97 Å². The quantitative estimate of drug-likeness (QED) is 0.500. The second kappa shape index (κ2) is 9.71. The number of esters is 1. The number of carbonyl (C=O) groups excluding carboxylic acids is 2. The molecule has 4 rings (SSSR count). The first-order valence-electron chi connectivity index (χ1n) is 11.5. The van der Waals surface area contributed by atoms with Gasteiger partial charge in [0.2, 0.25) is 10.0 Å². The molecule has 35 heavy (non-hydrogen) atoms. The Bertz CT molecular complexity index is 1400. The van der Waals surface area contributed by atoms with Crippen molar-refractivity contribution >= 4 is 32.7 Å². The normalized spacial score (nSPS) is 16.9. The molecule has 1 aliphatic rings. The Morgan fingerprint density at radius 3 is 2.49 bits per heavy atom. The molecule has 0 N–H and O–H groups in total. The first-order valence-corrected chi connectivity index (χ1v) is 12.9. The summed E-state index contributed by atoms with van der Waals surface area (Å²) in [5.74, 6) is -0.738. The summed E-state index contributed by atoms with van der Waals surface area (Å²) in [4.78, 5) is 36.2. The molecule has 1 aliphatic heterocycles. The molecule has 1 fully saturated rings. The largest absolute Gasteiger partial charge is 0.462 e. The highest BCUT2D eigenvalue weighted by molar-refractivity contribution is 7.89. The zero-order chi connectivity index (χ0) is 25.3. The van der Waals surface area contributed by atoms with Crippen LogP contribution < -0.4 is 0 Å². The van der Waals surface area contributed by atoms with Crippen molar-refractivity contribution in [2.75, 3.05) is 26.2 Å². The number of ether oxygens (including phenoxy) is 1. The lowest BCUT2D eigenvalue weighted by Crippen LogP contribution is -2.55. The molecule has 0 bridgehead atoms. The number of nitrogens with zero attached hydrogens (tertiary/aromatic N) is 4. The molecule has 1 unspecified atom stereocenters. The lowest BCUT2D eigenvalue weighted by atomic mass is 10.1. The summed E-state index contributed by atoms with van der Waals surface area (Å²) in [5, 5.41) is 1.50. The number of amides is 1. The predicted molar refractivity (Wildman–Crippen MR) is 131 cm³/mol. The van der Waals surface area contributed by atoms with E-state index >= 15 is 0 Å². The first kappa shape index (κ1) is 24.7. The van der Waals surface area contributed by atoms with Crippen LogP contribution in [-0.2, 0) is 14.8 Å². The molecule has 184 valence electrons. The zero-order valence-corrected chi connectivity index (χ0v) is 21.0. The van der Waals surface area contributed by atoms with Crippen LogP contribution in [0.15, 0.2) is 47.4 Å². The van der Waals surface area contributed by atoms with E-state index in [9.17, 15) is 18.0 Å². The van der Waals surface area contributed by atoms with Gasteiger partial charge in [0.05, 0.1) is 17.2 Å². The molecule has 0 saturated carbocycles. The van der Waals surface area contributed by atoms with Gasteiger partial charge in [0.25, 0.3) is 5.91 Å². The fourth-order valence-corrected chi connectivity index (χ4v) is 6.32. The van der Waals surface area contributed by atoms with E-state index in [2.05, 4.69) is 9.97 Å².